The summed E-state index contributed by atoms with van der Waals surface area (Å²) in [7, 11) is 3.63. The summed E-state index contributed by atoms with van der Waals surface area (Å²) in [5.41, 5.74) is 0.866. The van der Waals surface area contributed by atoms with Gasteiger partial charge in [0.2, 0.25) is 11.8 Å². The first kappa shape index (κ1) is 15.3. The van der Waals surface area contributed by atoms with E-state index < -0.39 is 0 Å². The Kier molecular flexibility index (Phi) is 4.43. The molecule has 6 heteroatoms. The van der Waals surface area contributed by atoms with E-state index in [1.54, 1.807) is 13.4 Å². The molecule has 0 saturated heterocycles. The average Bonchev–Trinajstić information content (AvgIpc) is 3.26. The van der Waals surface area contributed by atoms with Crippen molar-refractivity contribution in [1.82, 2.24) is 15.1 Å². The number of ether oxygens (including phenoxy) is 1. The first-order valence-corrected chi connectivity index (χ1v) is 7.38. The van der Waals surface area contributed by atoms with E-state index in [1.807, 2.05) is 50.4 Å². The predicted molar refractivity (Wildman–Crippen MR) is 84.9 cm³/mol. The molecule has 2 heterocycles. The standard InChI is InChI=1S/C17H19N3O3/c1-12(20(2)11-15-5-4-10-22-15)16-18-19-17(23-16)13-6-8-14(21-3)9-7-13/h4-10,12H,11H2,1-3H3/t12-/m1/s1. The second kappa shape index (κ2) is 6.66. The van der Waals surface area contributed by atoms with Gasteiger partial charge in [-0.1, -0.05) is 0 Å². The third kappa shape index (κ3) is 3.43. The number of hydrogen-bond donors (Lipinski definition) is 0. The SMILES string of the molecule is COc1ccc(-c2nnc([C@@H](C)N(C)Cc3ccco3)o2)cc1. The van der Waals surface area contributed by atoms with E-state index in [2.05, 4.69) is 15.1 Å². The molecular formula is C17H19N3O3. The second-order valence-corrected chi connectivity index (χ2v) is 5.34. The van der Waals surface area contributed by atoms with E-state index in [0.717, 1.165) is 17.1 Å². The molecule has 120 valence electrons. The fourth-order valence-electron chi connectivity index (χ4n) is 2.23. The van der Waals surface area contributed by atoms with E-state index >= 15 is 0 Å². The zero-order valence-corrected chi connectivity index (χ0v) is 13.4. The van der Waals surface area contributed by atoms with Crippen molar-refractivity contribution in [2.45, 2.75) is 19.5 Å². The summed E-state index contributed by atoms with van der Waals surface area (Å²) >= 11 is 0. The maximum Gasteiger partial charge on any atom is 0.247 e. The smallest absolute Gasteiger partial charge is 0.247 e. The Morgan fingerprint density at radius 3 is 2.61 bits per heavy atom. The molecule has 3 aromatic rings. The lowest BCUT2D eigenvalue weighted by atomic mass is 10.2. The van der Waals surface area contributed by atoms with Gasteiger partial charge in [-0.25, -0.2) is 0 Å². The molecule has 0 radical (unpaired) electrons. The number of aromatic nitrogens is 2. The Hall–Kier alpha value is -2.60. The van der Waals surface area contributed by atoms with Crippen molar-refractivity contribution in [3.05, 3.63) is 54.3 Å². The van der Waals surface area contributed by atoms with Gasteiger partial charge in [-0.2, -0.15) is 0 Å². The highest BCUT2D eigenvalue weighted by Gasteiger charge is 2.20. The molecular weight excluding hydrogens is 294 g/mol. The van der Waals surface area contributed by atoms with Crippen molar-refractivity contribution in [2.75, 3.05) is 14.2 Å². The lowest BCUT2D eigenvalue weighted by Gasteiger charge is -2.20. The Morgan fingerprint density at radius 2 is 1.96 bits per heavy atom. The largest absolute Gasteiger partial charge is 0.497 e. The van der Waals surface area contributed by atoms with Gasteiger partial charge in [0.05, 0.1) is 26.0 Å². The van der Waals surface area contributed by atoms with Crippen LogP contribution in [-0.2, 0) is 6.54 Å². The first-order valence-electron chi connectivity index (χ1n) is 7.38. The van der Waals surface area contributed by atoms with Crippen LogP contribution in [0.3, 0.4) is 0 Å². The van der Waals surface area contributed by atoms with Crippen LogP contribution in [-0.4, -0.2) is 29.3 Å². The minimum absolute atomic E-state index is 0.0143. The van der Waals surface area contributed by atoms with Gasteiger partial charge < -0.3 is 13.6 Å². The van der Waals surface area contributed by atoms with E-state index in [9.17, 15) is 0 Å². The van der Waals surface area contributed by atoms with Crippen molar-refractivity contribution in [3.8, 4) is 17.2 Å². The zero-order chi connectivity index (χ0) is 16.2. The quantitative estimate of drug-likeness (QED) is 0.693. The van der Waals surface area contributed by atoms with Gasteiger partial charge >= 0.3 is 0 Å². The molecule has 0 N–H and O–H groups in total. The minimum Gasteiger partial charge on any atom is -0.497 e. The summed E-state index contributed by atoms with van der Waals surface area (Å²) in [5.74, 6) is 2.76. The van der Waals surface area contributed by atoms with E-state index in [-0.39, 0.29) is 6.04 Å². The molecule has 1 atom stereocenters. The number of furan rings is 1. The van der Waals surface area contributed by atoms with Gasteiger partial charge in [-0.3, -0.25) is 4.90 Å². The third-order valence-electron chi connectivity index (χ3n) is 3.78. The lowest BCUT2D eigenvalue weighted by molar-refractivity contribution is 0.203. The van der Waals surface area contributed by atoms with Crippen molar-refractivity contribution in [1.29, 1.82) is 0 Å². The van der Waals surface area contributed by atoms with Gasteiger partial charge in [-0.15, -0.1) is 10.2 Å². The molecule has 3 rings (SSSR count). The topological polar surface area (TPSA) is 64.5 Å². The third-order valence-corrected chi connectivity index (χ3v) is 3.78. The summed E-state index contributed by atoms with van der Waals surface area (Å²) in [6, 6.07) is 11.3. The van der Waals surface area contributed by atoms with Crippen LogP contribution in [0.2, 0.25) is 0 Å². The van der Waals surface area contributed by atoms with E-state index in [1.165, 1.54) is 0 Å². The molecule has 0 bridgehead atoms. The van der Waals surface area contributed by atoms with Gasteiger partial charge in [0.1, 0.15) is 11.5 Å². The molecule has 0 spiro atoms. The second-order valence-electron chi connectivity index (χ2n) is 5.34. The van der Waals surface area contributed by atoms with E-state index in [0.29, 0.717) is 18.3 Å². The summed E-state index contributed by atoms with van der Waals surface area (Å²) in [4.78, 5) is 2.09. The molecule has 0 amide bonds. The summed E-state index contributed by atoms with van der Waals surface area (Å²) < 4.78 is 16.3. The first-order chi connectivity index (χ1) is 11.2. The molecule has 6 nitrogen and oxygen atoms in total. The number of methoxy groups -OCH3 is 1. The maximum absolute atomic E-state index is 5.81. The Morgan fingerprint density at radius 1 is 1.17 bits per heavy atom. The summed E-state index contributed by atoms with van der Waals surface area (Å²) in [6.45, 7) is 2.70. The number of benzene rings is 1. The molecule has 0 aliphatic rings. The number of hydrogen-bond acceptors (Lipinski definition) is 6. The van der Waals surface area contributed by atoms with Crippen LogP contribution >= 0.6 is 0 Å². The molecule has 0 aliphatic carbocycles. The van der Waals surface area contributed by atoms with Crippen molar-refractivity contribution in [3.63, 3.8) is 0 Å². The van der Waals surface area contributed by atoms with Crippen LogP contribution in [0.1, 0.15) is 24.6 Å². The minimum atomic E-state index is -0.0143. The molecule has 0 fully saturated rings. The van der Waals surface area contributed by atoms with Crippen LogP contribution < -0.4 is 4.74 Å². The maximum atomic E-state index is 5.81. The predicted octanol–water partition coefficient (Wildman–Crippen LogP) is 3.53. The summed E-state index contributed by atoms with van der Waals surface area (Å²) in [6.07, 6.45) is 1.67. The normalized spacial score (nSPS) is 12.5. The Bertz CT molecular complexity index is 735. The van der Waals surface area contributed by atoms with Crippen molar-refractivity contribution >= 4 is 0 Å². The number of nitrogens with zero attached hydrogens (tertiary/aromatic N) is 3. The number of rotatable bonds is 6. The zero-order valence-electron chi connectivity index (χ0n) is 13.4. The highest BCUT2D eigenvalue weighted by atomic mass is 16.5. The van der Waals surface area contributed by atoms with Crippen LogP contribution in [0.25, 0.3) is 11.5 Å². The van der Waals surface area contributed by atoms with Crippen molar-refractivity contribution in [2.24, 2.45) is 0 Å². The summed E-state index contributed by atoms with van der Waals surface area (Å²) in [5, 5.41) is 8.30. The highest BCUT2D eigenvalue weighted by Crippen LogP contribution is 2.25. The van der Waals surface area contributed by atoms with Gasteiger partial charge in [0, 0.05) is 5.56 Å². The van der Waals surface area contributed by atoms with Gasteiger partial charge in [0.15, 0.2) is 0 Å². The van der Waals surface area contributed by atoms with Crippen LogP contribution in [0.15, 0.2) is 51.5 Å². The lowest BCUT2D eigenvalue weighted by Crippen LogP contribution is -2.21. The molecule has 0 saturated carbocycles. The highest BCUT2D eigenvalue weighted by molar-refractivity contribution is 5.53. The molecule has 0 aliphatic heterocycles. The van der Waals surface area contributed by atoms with E-state index in [4.69, 9.17) is 13.6 Å². The molecule has 2 aromatic heterocycles. The van der Waals surface area contributed by atoms with Crippen molar-refractivity contribution < 1.29 is 13.6 Å². The average molecular weight is 313 g/mol. The van der Waals surface area contributed by atoms with Crippen LogP contribution in [0.5, 0.6) is 5.75 Å². The fourth-order valence-corrected chi connectivity index (χ4v) is 2.23. The molecule has 1 aromatic carbocycles. The Labute approximate surface area is 134 Å². The van der Waals surface area contributed by atoms with Crippen LogP contribution in [0, 0.1) is 0 Å². The van der Waals surface area contributed by atoms with Gasteiger partial charge in [-0.05, 0) is 50.4 Å². The monoisotopic (exact) mass is 313 g/mol. The van der Waals surface area contributed by atoms with Gasteiger partial charge in [0.25, 0.3) is 0 Å². The fraction of sp³-hybridized carbons (Fsp3) is 0.294. The Balaban J connectivity index is 1.72. The molecule has 23 heavy (non-hydrogen) atoms. The molecule has 0 unspecified atom stereocenters. The van der Waals surface area contributed by atoms with Crippen LogP contribution in [0.4, 0.5) is 0 Å².